The fourth-order valence-corrected chi connectivity index (χ4v) is 1.17. The van der Waals surface area contributed by atoms with Gasteiger partial charge in [0.05, 0.1) is 5.69 Å². The van der Waals surface area contributed by atoms with Gasteiger partial charge in [0.25, 0.3) is 0 Å². The third-order valence-corrected chi connectivity index (χ3v) is 2.79. The van der Waals surface area contributed by atoms with Crippen LogP contribution in [0.1, 0.15) is 31.2 Å². The molecule has 0 amide bonds. The van der Waals surface area contributed by atoms with Crippen molar-refractivity contribution in [3.8, 4) is 0 Å². The van der Waals surface area contributed by atoms with Crippen molar-refractivity contribution in [3.05, 3.63) is 17.3 Å². The number of alkyl halides is 1. The van der Waals surface area contributed by atoms with Gasteiger partial charge in [-0.25, -0.2) is 4.98 Å². The van der Waals surface area contributed by atoms with Crippen LogP contribution in [0.5, 0.6) is 0 Å². The molecule has 0 aliphatic rings. The molecule has 0 aliphatic heterocycles. The van der Waals surface area contributed by atoms with Crippen molar-refractivity contribution in [2.24, 2.45) is 5.41 Å². The Balaban J connectivity index is 2.75. The van der Waals surface area contributed by atoms with Gasteiger partial charge in [-0.3, -0.25) is 0 Å². The predicted octanol–water partition coefficient (Wildman–Crippen LogP) is 3.10. The SMILES string of the molecule is Cc1nc(CC(C)(C)CCl)oc1C. The highest BCUT2D eigenvalue weighted by Crippen LogP contribution is 2.23. The van der Waals surface area contributed by atoms with Gasteiger partial charge in [0.15, 0.2) is 5.89 Å². The average Bonchev–Trinajstić information content (AvgIpc) is 2.30. The molecule has 0 bridgehead atoms. The molecule has 0 unspecified atom stereocenters. The maximum atomic E-state index is 5.82. The third-order valence-electron chi connectivity index (χ3n) is 2.06. The molecule has 3 heteroatoms. The van der Waals surface area contributed by atoms with E-state index in [2.05, 4.69) is 18.8 Å². The minimum atomic E-state index is 0.0608. The molecule has 13 heavy (non-hydrogen) atoms. The third kappa shape index (κ3) is 2.73. The highest BCUT2D eigenvalue weighted by Gasteiger charge is 2.20. The molecule has 1 aromatic rings. The van der Waals surface area contributed by atoms with E-state index < -0.39 is 0 Å². The van der Waals surface area contributed by atoms with Crippen LogP contribution in [0.25, 0.3) is 0 Å². The van der Waals surface area contributed by atoms with Gasteiger partial charge in [-0.1, -0.05) is 13.8 Å². The summed E-state index contributed by atoms with van der Waals surface area (Å²) in [5.41, 5.74) is 1.03. The molecule has 0 N–H and O–H groups in total. The Bertz CT molecular complexity index is 272. The zero-order chi connectivity index (χ0) is 10.1. The number of nitrogens with zero attached hydrogens (tertiary/aromatic N) is 1. The van der Waals surface area contributed by atoms with E-state index in [9.17, 15) is 0 Å². The second-order valence-electron chi connectivity index (χ2n) is 4.22. The Morgan fingerprint density at radius 1 is 1.38 bits per heavy atom. The highest BCUT2D eigenvalue weighted by molar-refractivity contribution is 6.18. The summed E-state index contributed by atoms with van der Waals surface area (Å²) >= 11 is 5.82. The molecular formula is C10H16ClNO. The normalized spacial score (nSPS) is 12.1. The second kappa shape index (κ2) is 3.70. The smallest absolute Gasteiger partial charge is 0.195 e. The van der Waals surface area contributed by atoms with Crippen molar-refractivity contribution >= 4 is 11.6 Å². The lowest BCUT2D eigenvalue weighted by Gasteiger charge is -2.18. The van der Waals surface area contributed by atoms with Gasteiger partial charge in [-0.05, 0) is 19.3 Å². The number of rotatable bonds is 3. The quantitative estimate of drug-likeness (QED) is 0.703. The fourth-order valence-electron chi connectivity index (χ4n) is 1.07. The van der Waals surface area contributed by atoms with Crippen LogP contribution >= 0.6 is 11.6 Å². The predicted molar refractivity (Wildman–Crippen MR) is 54.2 cm³/mol. The van der Waals surface area contributed by atoms with E-state index in [1.807, 2.05) is 13.8 Å². The van der Waals surface area contributed by atoms with Gasteiger partial charge in [-0.2, -0.15) is 0 Å². The molecule has 0 aromatic carbocycles. The zero-order valence-corrected chi connectivity index (χ0v) is 9.40. The van der Waals surface area contributed by atoms with Crippen molar-refractivity contribution < 1.29 is 4.42 Å². The van der Waals surface area contributed by atoms with Crippen LogP contribution in [0.3, 0.4) is 0 Å². The van der Waals surface area contributed by atoms with Gasteiger partial charge in [-0.15, -0.1) is 11.6 Å². The Labute approximate surface area is 84.3 Å². The average molecular weight is 202 g/mol. The first-order valence-electron chi connectivity index (χ1n) is 4.43. The number of hydrogen-bond donors (Lipinski definition) is 0. The van der Waals surface area contributed by atoms with Gasteiger partial charge in [0.1, 0.15) is 5.76 Å². The molecular weight excluding hydrogens is 186 g/mol. The minimum Gasteiger partial charge on any atom is -0.446 e. The van der Waals surface area contributed by atoms with Crippen LogP contribution in [-0.2, 0) is 6.42 Å². The van der Waals surface area contributed by atoms with Gasteiger partial charge >= 0.3 is 0 Å². The van der Waals surface area contributed by atoms with Gasteiger partial charge < -0.3 is 4.42 Å². The number of halogens is 1. The van der Waals surface area contributed by atoms with Gasteiger partial charge in [0.2, 0.25) is 0 Å². The summed E-state index contributed by atoms with van der Waals surface area (Å²) in [6.45, 7) is 8.10. The first-order valence-corrected chi connectivity index (χ1v) is 4.97. The lowest BCUT2D eigenvalue weighted by Crippen LogP contribution is -2.16. The number of aryl methyl sites for hydroxylation is 2. The molecule has 1 rings (SSSR count). The molecule has 0 atom stereocenters. The monoisotopic (exact) mass is 201 g/mol. The van der Waals surface area contributed by atoms with E-state index >= 15 is 0 Å². The largest absolute Gasteiger partial charge is 0.446 e. The molecule has 1 aromatic heterocycles. The van der Waals surface area contributed by atoms with Crippen LogP contribution in [0, 0.1) is 19.3 Å². The molecule has 0 radical (unpaired) electrons. The zero-order valence-electron chi connectivity index (χ0n) is 8.65. The maximum absolute atomic E-state index is 5.82. The van der Waals surface area contributed by atoms with E-state index in [1.54, 1.807) is 0 Å². The second-order valence-corrected chi connectivity index (χ2v) is 4.49. The summed E-state index contributed by atoms with van der Waals surface area (Å²) in [7, 11) is 0. The van der Waals surface area contributed by atoms with E-state index in [0.29, 0.717) is 5.88 Å². The Kier molecular flexibility index (Phi) is 3.01. The van der Waals surface area contributed by atoms with Crippen molar-refractivity contribution in [1.29, 1.82) is 0 Å². The lowest BCUT2D eigenvalue weighted by atomic mass is 9.92. The molecule has 0 fully saturated rings. The Hall–Kier alpha value is -0.500. The van der Waals surface area contributed by atoms with Crippen LogP contribution in [0.2, 0.25) is 0 Å². The maximum Gasteiger partial charge on any atom is 0.195 e. The summed E-state index contributed by atoms with van der Waals surface area (Å²) in [5, 5.41) is 0. The van der Waals surface area contributed by atoms with Crippen LogP contribution < -0.4 is 0 Å². The summed E-state index contributed by atoms with van der Waals surface area (Å²) in [6, 6.07) is 0. The molecule has 1 heterocycles. The molecule has 0 spiro atoms. The molecule has 0 saturated carbocycles. The first kappa shape index (κ1) is 10.6. The van der Waals surface area contributed by atoms with Crippen molar-refractivity contribution in [3.63, 3.8) is 0 Å². The van der Waals surface area contributed by atoms with Crippen LogP contribution in [-0.4, -0.2) is 10.9 Å². The molecule has 0 aliphatic carbocycles. The van der Waals surface area contributed by atoms with Crippen molar-refractivity contribution in [1.82, 2.24) is 4.98 Å². The Morgan fingerprint density at radius 3 is 2.38 bits per heavy atom. The first-order chi connectivity index (χ1) is 5.94. The summed E-state index contributed by atoms with van der Waals surface area (Å²) in [5.74, 6) is 2.31. The minimum absolute atomic E-state index is 0.0608. The van der Waals surface area contributed by atoms with Crippen LogP contribution in [0.4, 0.5) is 0 Å². The standard InChI is InChI=1S/C10H16ClNO/c1-7-8(2)13-9(12-7)5-10(3,4)6-11/h5-6H2,1-4H3. The number of oxazole rings is 1. The van der Waals surface area contributed by atoms with Crippen molar-refractivity contribution in [2.75, 3.05) is 5.88 Å². The van der Waals surface area contributed by atoms with E-state index in [4.69, 9.17) is 16.0 Å². The van der Waals surface area contributed by atoms with E-state index in [1.165, 1.54) is 0 Å². The highest BCUT2D eigenvalue weighted by atomic mass is 35.5. The van der Waals surface area contributed by atoms with Gasteiger partial charge in [0, 0.05) is 12.3 Å². The molecule has 2 nitrogen and oxygen atoms in total. The van der Waals surface area contributed by atoms with E-state index in [-0.39, 0.29) is 5.41 Å². The fraction of sp³-hybridized carbons (Fsp3) is 0.700. The number of hydrogen-bond acceptors (Lipinski definition) is 2. The summed E-state index contributed by atoms with van der Waals surface area (Å²) < 4.78 is 5.48. The summed E-state index contributed by atoms with van der Waals surface area (Å²) in [4.78, 5) is 4.32. The Morgan fingerprint density at radius 2 is 2.00 bits per heavy atom. The molecule has 74 valence electrons. The number of aromatic nitrogens is 1. The van der Waals surface area contributed by atoms with Crippen molar-refractivity contribution in [2.45, 2.75) is 34.1 Å². The van der Waals surface area contributed by atoms with E-state index in [0.717, 1.165) is 23.8 Å². The topological polar surface area (TPSA) is 26.0 Å². The summed E-state index contributed by atoms with van der Waals surface area (Å²) in [6.07, 6.45) is 0.797. The van der Waals surface area contributed by atoms with Crippen LogP contribution in [0.15, 0.2) is 4.42 Å². The lowest BCUT2D eigenvalue weighted by molar-refractivity contribution is 0.353. The molecule has 0 saturated heterocycles.